The molecule has 2 aromatic rings. The third-order valence-electron chi connectivity index (χ3n) is 2.77. The zero-order valence-corrected chi connectivity index (χ0v) is 11.4. The van der Waals surface area contributed by atoms with Crippen molar-refractivity contribution in [1.29, 1.82) is 0 Å². The van der Waals surface area contributed by atoms with Crippen molar-refractivity contribution in [1.82, 2.24) is 24.8 Å². The maximum Gasteiger partial charge on any atom is 0.0804 e. The Morgan fingerprint density at radius 2 is 2.39 bits per heavy atom. The summed E-state index contributed by atoms with van der Waals surface area (Å²) in [6, 6.07) is 2.03. The molecule has 18 heavy (non-hydrogen) atoms. The molecule has 0 amide bonds. The van der Waals surface area contributed by atoms with Crippen LogP contribution in [0.2, 0.25) is 0 Å². The SMILES string of the molecule is CCCc1nnsc1C(Cc1ccn(C)n1)NN. The lowest BCUT2D eigenvalue weighted by atomic mass is 10.1. The van der Waals surface area contributed by atoms with Gasteiger partial charge in [-0.3, -0.25) is 16.0 Å². The van der Waals surface area contributed by atoms with Crippen molar-refractivity contribution in [2.24, 2.45) is 12.9 Å². The summed E-state index contributed by atoms with van der Waals surface area (Å²) in [5, 5.41) is 8.54. The topological polar surface area (TPSA) is 81.7 Å². The first-order chi connectivity index (χ1) is 8.74. The van der Waals surface area contributed by atoms with Gasteiger partial charge in [-0.15, -0.1) is 5.10 Å². The lowest BCUT2D eigenvalue weighted by Gasteiger charge is -2.13. The van der Waals surface area contributed by atoms with Gasteiger partial charge >= 0.3 is 0 Å². The molecule has 0 spiro atoms. The van der Waals surface area contributed by atoms with Crippen molar-refractivity contribution in [2.45, 2.75) is 32.2 Å². The minimum atomic E-state index is 0.0291. The van der Waals surface area contributed by atoms with Crippen LogP contribution in [0.4, 0.5) is 0 Å². The van der Waals surface area contributed by atoms with Crippen molar-refractivity contribution < 1.29 is 0 Å². The van der Waals surface area contributed by atoms with Crippen LogP contribution in [0.3, 0.4) is 0 Å². The van der Waals surface area contributed by atoms with Gasteiger partial charge in [-0.1, -0.05) is 17.8 Å². The van der Waals surface area contributed by atoms with Crippen LogP contribution in [0.5, 0.6) is 0 Å². The first-order valence-corrected chi connectivity index (χ1v) is 6.77. The minimum Gasteiger partial charge on any atom is -0.276 e. The molecule has 0 fully saturated rings. The molecule has 2 aromatic heterocycles. The Balaban J connectivity index is 2.14. The van der Waals surface area contributed by atoms with Gasteiger partial charge in [0, 0.05) is 19.7 Å². The number of nitrogens with two attached hydrogens (primary N) is 1. The Labute approximate surface area is 110 Å². The van der Waals surface area contributed by atoms with Gasteiger partial charge in [-0.05, 0) is 24.0 Å². The second kappa shape index (κ2) is 6.03. The van der Waals surface area contributed by atoms with E-state index in [9.17, 15) is 0 Å². The summed E-state index contributed by atoms with van der Waals surface area (Å²) in [7, 11) is 1.91. The maximum atomic E-state index is 5.65. The van der Waals surface area contributed by atoms with Crippen molar-refractivity contribution in [3.63, 3.8) is 0 Å². The third kappa shape index (κ3) is 2.92. The molecule has 2 rings (SSSR count). The van der Waals surface area contributed by atoms with Crippen molar-refractivity contribution in [3.05, 3.63) is 28.5 Å². The number of nitrogens with zero attached hydrogens (tertiary/aromatic N) is 4. The van der Waals surface area contributed by atoms with Crippen molar-refractivity contribution >= 4 is 11.5 Å². The standard InChI is InChI=1S/C11H18N6S/c1-3-4-9-11(18-16-14-9)10(13-12)7-8-5-6-17(2)15-8/h5-6,10,13H,3-4,7,12H2,1-2H3. The average molecular weight is 266 g/mol. The van der Waals surface area contributed by atoms with Gasteiger partial charge in [0.2, 0.25) is 0 Å². The molecule has 98 valence electrons. The highest BCUT2D eigenvalue weighted by Crippen LogP contribution is 2.23. The van der Waals surface area contributed by atoms with Crippen LogP contribution in [0, 0.1) is 0 Å². The molecule has 1 unspecified atom stereocenters. The van der Waals surface area contributed by atoms with Crippen LogP contribution in [0.15, 0.2) is 12.3 Å². The van der Waals surface area contributed by atoms with Crippen LogP contribution in [0.1, 0.15) is 35.7 Å². The molecule has 0 bridgehead atoms. The highest BCUT2D eigenvalue weighted by atomic mass is 32.1. The Bertz CT molecular complexity index is 491. The van der Waals surface area contributed by atoms with Gasteiger partial charge in [0.25, 0.3) is 0 Å². The zero-order valence-electron chi connectivity index (χ0n) is 10.6. The lowest BCUT2D eigenvalue weighted by Crippen LogP contribution is -2.29. The fourth-order valence-corrected chi connectivity index (χ4v) is 2.65. The minimum absolute atomic E-state index is 0.0291. The van der Waals surface area contributed by atoms with E-state index in [0.29, 0.717) is 0 Å². The van der Waals surface area contributed by atoms with Gasteiger partial charge in [0.05, 0.1) is 22.3 Å². The highest BCUT2D eigenvalue weighted by Gasteiger charge is 2.19. The van der Waals surface area contributed by atoms with Gasteiger partial charge < -0.3 is 0 Å². The molecule has 3 N–H and O–H groups in total. The van der Waals surface area contributed by atoms with Crippen molar-refractivity contribution in [3.8, 4) is 0 Å². The number of hydrazine groups is 1. The first-order valence-electron chi connectivity index (χ1n) is 6.00. The Morgan fingerprint density at radius 3 is 3.00 bits per heavy atom. The summed E-state index contributed by atoms with van der Waals surface area (Å²) in [4.78, 5) is 1.12. The van der Waals surface area contributed by atoms with E-state index in [1.807, 2.05) is 19.3 Å². The number of nitrogens with one attached hydrogen (secondary N) is 1. The third-order valence-corrected chi connectivity index (χ3v) is 3.65. The van der Waals surface area contributed by atoms with E-state index in [0.717, 1.165) is 35.5 Å². The fraction of sp³-hybridized carbons (Fsp3) is 0.545. The summed E-state index contributed by atoms with van der Waals surface area (Å²) in [6.45, 7) is 2.13. The predicted molar refractivity (Wildman–Crippen MR) is 70.9 cm³/mol. The molecule has 6 nitrogen and oxygen atoms in total. The Hall–Kier alpha value is -1.31. The first kappa shape index (κ1) is 13.1. The van der Waals surface area contributed by atoms with E-state index in [4.69, 9.17) is 5.84 Å². The summed E-state index contributed by atoms with van der Waals surface area (Å²) in [5.74, 6) is 5.65. The number of hydrogen-bond donors (Lipinski definition) is 2. The summed E-state index contributed by atoms with van der Waals surface area (Å²) in [5.41, 5.74) is 4.90. The molecule has 0 saturated carbocycles. The second-order valence-electron chi connectivity index (χ2n) is 4.24. The molecular weight excluding hydrogens is 248 g/mol. The summed E-state index contributed by atoms with van der Waals surface area (Å²) < 4.78 is 5.82. The predicted octanol–water partition coefficient (Wildman–Crippen LogP) is 0.971. The monoisotopic (exact) mass is 266 g/mol. The Kier molecular flexibility index (Phi) is 4.40. The molecule has 0 saturated heterocycles. The Morgan fingerprint density at radius 1 is 1.56 bits per heavy atom. The molecule has 7 heteroatoms. The number of aryl methyl sites for hydroxylation is 2. The molecule has 0 aliphatic rings. The van der Waals surface area contributed by atoms with Crippen LogP contribution in [-0.4, -0.2) is 19.4 Å². The van der Waals surface area contributed by atoms with E-state index < -0.39 is 0 Å². The van der Waals surface area contributed by atoms with E-state index in [-0.39, 0.29) is 6.04 Å². The molecule has 1 atom stereocenters. The summed E-state index contributed by atoms with van der Waals surface area (Å²) >= 11 is 1.41. The van der Waals surface area contributed by atoms with E-state index in [2.05, 4.69) is 27.0 Å². The largest absolute Gasteiger partial charge is 0.276 e. The normalized spacial score (nSPS) is 12.8. The number of aromatic nitrogens is 4. The molecule has 0 radical (unpaired) electrons. The van der Waals surface area contributed by atoms with Gasteiger partial charge in [0.15, 0.2) is 0 Å². The average Bonchev–Trinajstić information content (AvgIpc) is 2.96. The van der Waals surface area contributed by atoms with E-state index in [1.54, 1.807) is 4.68 Å². The smallest absolute Gasteiger partial charge is 0.0804 e. The van der Waals surface area contributed by atoms with Crippen LogP contribution >= 0.6 is 11.5 Å². The van der Waals surface area contributed by atoms with Crippen molar-refractivity contribution in [2.75, 3.05) is 0 Å². The second-order valence-corrected chi connectivity index (χ2v) is 5.02. The molecule has 2 heterocycles. The van der Waals surface area contributed by atoms with Crippen LogP contribution in [-0.2, 0) is 19.9 Å². The molecule has 0 aliphatic carbocycles. The maximum absolute atomic E-state index is 5.65. The van der Waals surface area contributed by atoms with E-state index in [1.165, 1.54) is 11.5 Å². The molecule has 0 aromatic carbocycles. The highest BCUT2D eigenvalue weighted by molar-refractivity contribution is 7.05. The van der Waals surface area contributed by atoms with Gasteiger partial charge in [-0.2, -0.15) is 5.10 Å². The lowest BCUT2D eigenvalue weighted by molar-refractivity contribution is 0.543. The van der Waals surface area contributed by atoms with Crippen LogP contribution < -0.4 is 11.3 Å². The quantitative estimate of drug-likeness (QED) is 0.601. The number of rotatable bonds is 6. The van der Waals surface area contributed by atoms with E-state index >= 15 is 0 Å². The number of hydrogen-bond acceptors (Lipinski definition) is 6. The van der Waals surface area contributed by atoms with Crippen LogP contribution in [0.25, 0.3) is 0 Å². The van der Waals surface area contributed by atoms with Gasteiger partial charge in [0.1, 0.15) is 0 Å². The molecular formula is C11H18N6S. The molecule has 0 aliphatic heterocycles. The van der Waals surface area contributed by atoms with Gasteiger partial charge in [-0.25, -0.2) is 0 Å². The zero-order chi connectivity index (χ0) is 13.0. The summed E-state index contributed by atoms with van der Waals surface area (Å²) in [6.07, 6.45) is 4.67. The fourth-order valence-electron chi connectivity index (χ4n) is 1.90.